The average molecular weight is 326 g/mol. The molecule has 1 fully saturated rings. The number of ketones is 2. The van der Waals surface area contributed by atoms with Crippen molar-refractivity contribution in [2.75, 3.05) is 7.11 Å². The molecule has 2 N–H and O–H groups in total. The Hall–Kier alpha value is -2.50. The molecule has 4 unspecified atom stereocenters. The summed E-state index contributed by atoms with van der Waals surface area (Å²) in [5.41, 5.74) is 1.00. The van der Waals surface area contributed by atoms with E-state index in [0.717, 1.165) is 0 Å². The van der Waals surface area contributed by atoms with Crippen LogP contribution in [0, 0.1) is 0 Å². The number of hydrogen-bond acceptors (Lipinski definition) is 5. The maximum absolute atomic E-state index is 12.6. The number of benzene rings is 2. The van der Waals surface area contributed by atoms with Gasteiger partial charge in [-0.15, -0.1) is 0 Å². The highest BCUT2D eigenvalue weighted by atomic mass is 16.5. The average Bonchev–Trinajstić information content (AvgIpc) is 2.62. The van der Waals surface area contributed by atoms with E-state index in [4.69, 9.17) is 4.74 Å². The van der Waals surface area contributed by atoms with E-state index in [9.17, 15) is 19.8 Å². The van der Waals surface area contributed by atoms with Gasteiger partial charge in [0.05, 0.1) is 18.9 Å². The lowest BCUT2D eigenvalue weighted by Gasteiger charge is -2.34. The molecule has 0 bridgehead atoms. The molecule has 1 aliphatic rings. The Morgan fingerprint density at radius 1 is 0.750 bits per heavy atom. The lowest BCUT2D eigenvalue weighted by molar-refractivity contribution is -0.149. The Labute approximate surface area is 139 Å². The molecule has 2 aromatic rings. The predicted molar refractivity (Wildman–Crippen MR) is 86.9 cm³/mol. The molecule has 1 saturated carbocycles. The summed E-state index contributed by atoms with van der Waals surface area (Å²) in [4.78, 5) is 25.2. The SMILES string of the molecule is COc1ccc(C2C(=O)C(O)C(c3ccccc3)C(=O)C2O)cc1. The number of carbonyl (C=O) groups is 2. The van der Waals surface area contributed by atoms with E-state index in [1.807, 2.05) is 0 Å². The van der Waals surface area contributed by atoms with Gasteiger partial charge < -0.3 is 14.9 Å². The number of Topliss-reactive ketones (excluding diaryl/α,β-unsaturated/α-hetero) is 2. The van der Waals surface area contributed by atoms with Crippen molar-refractivity contribution >= 4 is 11.6 Å². The van der Waals surface area contributed by atoms with Gasteiger partial charge in [-0.3, -0.25) is 9.59 Å². The zero-order chi connectivity index (χ0) is 17.3. The van der Waals surface area contributed by atoms with Crippen LogP contribution in [-0.2, 0) is 9.59 Å². The Kier molecular flexibility index (Phi) is 4.46. The molecule has 1 aliphatic carbocycles. The second-order valence-electron chi connectivity index (χ2n) is 5.83. The highest BCUT2D eigenvalue weighted by Crippen LogP contribution is 2.37. The third-order valence-electron chi connectivity index (χ3n) is 4.46. The lowest BCUT2D eigenvalue weighted by Crippen LogP contribution is -2.51. The molecular weight excluding hydrogens is 308 g/mol. The maximum Gasteiger partial charge on any atom is 0.172 e. The largest absolute Gasteiger partial charge is 0.497 e. The first-order chi connectivity index (χ1) is 11.5. The minimum atomic E-state index is -1.49. The molecule has 0 saturated heterocycles. The Morgan fingerprint density at radius 3 is 1.67 bits per heavy atom. The first kappa shape index (κ1) is 16.4. The Balaban J connectivity index is 1.95. The number of carbonyl (C=O) groups excluding carboxylic acids is 2. The Bertz CT molecular complexity index is 738. The van der Waals surface area contributed by atoms with Crippen molar-refractivity contribution in [2.45, 2.75) is 24.0 Å². The number of rotatable bonds is 3. The monoisotopic (exact) mass is 326 g/mol. The van der Waals surface area contributed by atoms with Gasteiger partial charge in [0.15, 0.2) is 11.6 Å². The molecule has 0 aliphatic heterocycles. The molecule has 0 amide bonds. The topological polar surface area (TPSA) is 83.8 Å². The number of methoxy groups -OCH3 is 1. The Morgan fingerprint density at radius 2 is 1.21 bits per heavy atom. The number of aliphatic hydroxyl groups is 2. The third kappa shape index (κ3) is 2.72. The minimum absolute atomic E-state index is 0.479. The molecule has 4 atom stereocenters. The van der Waals surface area contributed by atoms with Crippen molar-refractivity contribution in [3.8, 4) is 5.75 Å². The van der Waals surface area contributed by atoms with Crippen molar-refractivity contribution in [1.29, 1.82) is 0 Å². The molecule has 0 aromatic heterocycles. The van der Waals surface area contributed by atoms with Crippen molar-refractivity contribution < 1.29 is 24.5 Å². The summed E-state index contributed by atoms with van der Waals surface area (Å²) in [6.07, 6.45) is -2.96. The van der Waals surface area contributed by atoms with Gasteiger partial charge in [-0.2, -0.15) is 0 Å². The lowest BCUT2D eigenvalue weighted by atomic mass is 9.71. The zero-order valence-electron chi connectivity index (χ0n) is 13.1. The summed E-state index contributed by atoms with van der Waals surface area (Å²) in [6.45, 7) is 0. The van der Waals surface area contributed by atoms with Crippen LogP contribution < -0.4 is 4.74 Å². The van der Waals surface area contributed by atoms with Gasteiger partial charge in [-0.25, -0.2) is 0 Å². The molecular formula is C19H18O5. The van der Waals surface area contributed by atoms with Gasteiger partial charge in [-0.1, -0.05) is 42.5 Å². The molecule has 5 nitrogen and oxygen atoms in total. The first-order valence-corrected chi connectivity index (χ1v) is 7.67. The highest BCUT2D eigenvalue weighted by Gasteiger charge is 2.49. The molecule has 0 spiro atoms. The van der Waals surface area contributed by atoms with Gasteiger partial charge in [0.2, 0.25) is 0 Å². The van der Waals surface area contributed by atoms with Crippen LogP contribution in [0.25, 0.3) is 0 Å². The van der Waals surface area contributed by atoms with E-state index in [-0.39, 0.29) is 0 Å². The predicted octanol–water partition coefficient (Wildman–Crippen LogP) is 1.44. The summed E-state index contributed by atoms with van der Waals surface area (Å²) < 4.78 is 5.06. The van der Waals surface area contributed by atoms with Crippen LogP contribution in [0.3, 0.4) is 0 Å². The van der Waals surface area contributed by atoms with Crippen LogP contribution in [0.5, 0.6) is 5.75 Å². The van der Waals surface area contributed by atoms with Crippen LogP contribution >= 0.6 is 0 Å². The fraction of sp³-hybridized carbons (Fsp3) is 0.263. The van der Waals surface area contributed by atoms with E-state index in [1.165, 1.54) is 7.11 Å². The van der Waals surface area contributed by atoms with Crippen LogP contribution in [0.4, 0.5) is 0 Å². The number of hydrogen-bond donors (Lipinski definition) is 2. The second kappa shape index (κ2) is 6.55. The minimum Gasteiger partial charge on any atom is -0.497 e. The van der Waals surface area contributed by atoms with Crippen LogP contribution in [0.2, 0.25) is 0 Å². The summed E-state index contributed by atoms with van der Waals surface area (Å²) in [5.74, 6) is -2.61. The van der Waals surface area contributed by atoms with E-state index >= 15 is 0 Å². The molecule has 124 valence electrons. The first-order valence-electron chi connectivity index (χ1n) is 7.67. The van der Waals surface area contributed by atoms with Crippen molar-refractivity contribution in [1.82, 2.24) is 0 Å². The van der Waals surface area contributed by atoms with Gasteiger partial charge in [0.25, 0.3) is 0 Å². The van der Waals surface area contributed by atoms with Crippen LogP contribution in [0.15, 0.2) is 54.6 Å². The standard InChI is InChI=1S/C19H18O5/c1-24-13-9-7-12(8-10-13)15-18(22)16(20)14(17(21)19(15)23)11-5-3-2-4-6-11/h2-10,14-16,19-20,23H,1H3. The highest BCUT2D eigenvalue weighted by molar-refractivity contribution is 6.07. The molecule has 3 rings (SSSR count). The smallest absolute Gasteiger partial charge is 0.172 e. The van der Waals surface area contributed by atoms with E-state index < -0.39 is 35.6 Å². The number of aliphatic hydroxyl groups excluding tert-OH is 2. The molecule has 0 radical (unpaired) electrons. The third-order valence-corrected chi connectivity index (χ3v) is 4.46. The zero-order valence-corrected chi connectivity index (χ0v) is 13.1. The molecule has 24 heavy (non-hydrogen) atoms. The van der Waals surface area contributed by atoms with Crippen molar-refractivity contribution in [3.63, 3.8) is 0 Å². The van der Waals surface area contributed by atoms with E-state index in [1.54, 1.807) is 54.6 Å². The van der Waals surface area contributed by atoms with Gasteiger partial charge in [0.1, 0.15) is 18.0 Å². The fourth-order valence-corrected chi connectivity index (χ4v) is 3.17. The van der Waals surface area contributed by atoms with Crippen molar-refractivity contribution in [2.24, 2.45) is 0 Å². The maximum atomic E-state index is 12.6. The normalized spacial score (nSPS) is 27.1. The second-order valence-corrected chi connectivity index (χ2v) is 5.83. The van der Waals surface area contributed by atoms with Gasteiger partial charge >= 0.3 is 0 Å². The van der Waals surface area contributed by atoms with E-state index in [2.05, 4.69) is 0 Å². The van der Waals surface area contributed by atoms with Crippen molar-refractivity contribution in [3.05, 3.63) is 65.7 Å². The summed E-state index contributed by atoms with van der Waals surface area (Å²) >= 11 is 0. The summed E-state index contributed by atoms with van der Waals surface area (Å²) in [6, 6.07) is 15.1. The van der Waals surface area contributed by atoms with Gasteiger partial charge in [0, 0.05) is 0 Å². The van der Waals surface area contributed by atoms with Gasteiger partial charge in [-0.05, 0) is 23.3 Å². The summed E-state index contributed by atoms with van der Waals surface area (Å²) in [5, 5.41) is 20.8. The molecule has 5 heteroatoms. The summed E-state index contributed by atoms with van der Waals surface area (Å²) in [7, 11) is 1.52. The van der Waals surface area contributed by atoms with E-state index in [0.29, 0.717) is 16.9 Å². The molecule has 0 heterocycles. The fourth-order valence-electron chi connectivity index (χ4n) is 3.17. The number of ether oxygens (including phenoxy) is 1. The van der Waals surface area contributed by atoms with Crippen LogP contribution in [0.1, 0.15) is 23.0 Å². The quantitative estimate of drug-likeness (QED) is 0.891. The van der Waals surface area contributed by atoms with Crippen LogP contribution in [-0.4, -0.2) is 41.1 Å². The molecule has 2 aromatic carbocycles.